The van der Waals surface area contributed by atoms with E-state index < -0.39 is 34.5 Å². The van der Waals surface area contributed by atoms with Crippen molar-refractivity contribution in [3.05, 3.63) is 35.9 Å². The van der Waals surface area contributed by atoms with Crippen LogP contribution in [0.4, 0.5) is 0 Å². The van der Waals surface area contributed by atoms with Crippen molar-refractivity contribution in [1.29, 1.82) is 0 Å². The van der Waals surface area contributed by atoms with Gasteiger partial charge in [0.2, 0.25) is 0 Å². The molecular formula is C16H20O5S. The van der Waals surface area contributed by atoms with E-state index in [1.54, 1.807) is 6.92 Å². The zero-order valence-corrected chi connectivity index (χ0v) is 13.7. The smallest absolute Gasteiger partial charge is 0.303 e. The summed E-state index contributed by atoms with van der Waals surface area (Å²) in [5.74, 6) is -1.06. The number of hydrogen-bond donors (Lipinski definition) is 2. The fourth-order valence-corrected chi connectivity index (χ4v) is 3.39. The largest absolute Gasteiger partial charge is 0.456 e. The molecule has 22 heavy (non-hydrogen) atoms. The summed E-state index contributed by atoms with van der Waals surface area (Å²) >= 11 is 4.56. The number of carbonyl (C=O) groups excluding carboxylic acids is 2. The molecule has 1 aromatic rings. The minimum Gasteiger partial charge on any atom is -0.456 e. The zero-order valence-electron chi connectivity index (χ0n) is 12.8. The molecule has 0 spiro atoms. The number of esters is 1. The van der Waals surface area contributed by atoms with E-state index in [9.17, 15) is 14.7 Å². The lowest BCUT2D eigenvalue weighted by Gasteiger charge is -2.48. The molecule has 2 rings (SSSR count). The summed E-state index contributed by atoms with van der Waals surface area (Å²) in [6.07, 6.45) is -1.86. The molecule has 4 atom stereocenters. The number of ether oxygens (including phenoxy) is 2. The second kappa shape index (κ2) is 6.02. The molecule has 1 aliphatic rings. The third-order valence-corrected chi connectivity index (χ3v) is 4.44. The monoisotopic (exact) mass is 324 g/mol. The highest BCUT2D eigenvalue weighted by atomic mass is 32.1. The number of benzene rings is 1. The van der Waals surface area contributed by atoms with E-state index >= 15 is 0 Å². The van der Waals surface area contributed by atoms with Crippen LogP contribution >= 0.6 is 12.6 Å². The molecule has 1 saturated heterocycles. The molecule has 120 valence electrons. The normalized spacial score (nSPS) is 35.0. The molecule has 1 aromatic carbocycles. The predicted octanol–water partition coefficient (Wildman–Crippen LogP) is 1.83. The van der Waals surface area contributed by atoms with Crippen LogP contribution in [0.2, 0.25) is 0 Å². The van der Waals surface area contributed by atoms with Gasteiger partial charge in [-0.3, -0.25) is 9.59 Å². The summed E-state index contributed by atoms with van der Waals surface area (Å²) < 4.78 is 11.0. The zero-order chi connectivity index (χ0) is 16.5. The highest BCUT2D eigenvalue weighted by molar-refractivity contribution is 7.81. The minimum absolute atomic E-state index is 0.106. The van der Waals surface area contributed by atoms with Gasteiger partial charge in [-0.25, -0.2) is 0 Å². The van der Waals surface area contributed by atoms with Crippen LogP contribution in [-0.2, 0) is 24.0 Å². The molecule has 0 unspecified atom stereocenters. The van der Waals surface area contributed by atoms with Gasteiger partial charge in [0.15, 0.2) is 17.5 Å². The Kier molecular flexibility index (Phi) is 4.65. The maximum atomic E-state index is 12.0. The maximum absolute atomic E-state index is 12.0. The number of thiol groups is 1. The molecule has 1 aliphatic heterocycles. The van der Waals surface area contributed by atoms with Crippen LogP contribution in [0.25, 0.3) is 0 Å². The predicted molar refractivity (Wildman–Crippen MR) is 83.5 cm³/mol. The number of ketones is 1. The molecule has 0 bridgehead atoms. The van der Waals surface area contributed by atoms with Gasteiger partial charge in [0.05, 0.1) is 6.10 Å². The second-order valence-electron chi connectivity index (χ2n) is 5.66. The molecule has 1 fully saturated rings. The standard InChI is InChI=1S/C16H20O5S/c1-10-14(20-12(3)18)15(19,11(2)17)9-16(22,21-10)13-7-5-4-6-8-13/h4-8,10,14,19,22H,9H2,1-3H3/t10-,14+,15+,16+/m0/s1. The number of Topliss-reactive ketones (excluding diaryl/α,β-unsaturated/α-hetero) is 1. The lowest BCUT2D eigenvalue weighted by Crippen LogP contribution is -2.63. The Morgan fingerprint density at radius 3 is 2.41 bits per heavy atom. The summed E-state index contributed by atoms with van der Waals surface area (Å²) in [4.78, 5) is 22.2. The fourth-order valence-electron chi connectivity index (χ4n) is 2.83. The van der Waals surface area contributed by atoms with Gasteiger partial charge in [-0.1, -0.05) is 30.3 Å². The molecule has 0 saturated carbocycles. The van der Waals surface area contributed by atoms with E-state index in [4.69, 9.17) is 9.47 Å². The van der Waals surface area contributed by atoms with Gasteiger partial charge < -0.3 is 14.6 Å². The Labute approximate surface area is 135 Å². The number of carbonyl (C=O) groups is 2. The molecule has 0 amide bonds. The summed E-state index contributed by atoms with van der Waals surface area (Å²) in [5.41, 5.74) is -1.12. The van der Waals surface area contributed by atoms with Gasteiger partial charge in [-0.15, -0.1) is 12.6 Å². The van der Waals surface area contributed by atoms with E-state index in [1.165, 1.54) is 13.8 Å². The number of aliphatic hydroxyl groups is 1. The minimum atomic E-state index is -1.85. The first-order valence-electron chi connectivity index (χ1n) is 7.05. The molecule has 0 aliphatic carbocycles. The summed E-state index contributed by atoms with van der Waals surface area (Å²) in [5, 5.41) is 10.9. The average molecular weight is 324 g/mol. The third kappa shape index (κ3) is 3.04. The van der Waals surface area contributed by atoms with E-state index in [1.807, 2.05) is 30.3 Å². The SMILES string of the molecule is CC(=O)O[C@@H]1[C@H](C)O[C@](S)(c2ccccc2)C[C@@]1(O)C(C)=O. The highest BCUT2D eigenvalue weighted by Gasteiger charge is 2.57. The Morgan fingerprint density at radius 1 is 1.32 bits per heavy atom. The topological polar surface area (TPSA) is 72.8 Å². The van der Waals surface area contributed by atoms with Crippen LogP contribution in [0.3, 0.4) is 0 Å². The van der Waals surface area contributed by atoms with Crippen LogP contribution < -0.4 is 0 Å². The molecule has 1 N–H and O–H groups in total. The van der Waals surface area contributed by atoms with Crippen LogP contribution in [0.15, 0.2) is 30.3 Å². The first kappa shape index (κ1) is 17.0. The summed E-state index contributed by atoms with van der Waals surface area (Å²) in [6.45, 7) is 4.15. The van der Waals surface area contributed by atoms with Gasteiger partial charge in [-0.05, 0) is 19.4 Å². The van der Waals surface area contributed by atoms with Crippen molar-refractivity contribution in [1.82, 2.24) is 0 Å². The first-order valence-corrected chi connectivity index (χ1v) is 7.50. The van der Waals surface area contributed by atoms with Crippen molar-refractivity contribution in [2.75, 3.05) is 0 Å². The van der Waals surface area contributed by atoms with Crippen molar-refractivity contribution in [3.63, 3.8) is 0 Å². The first-order chi connectivity index (χ1) is 10.2. The summed E-state index contributed by atoms with van der Waals surface area (Å²) in [7, 11) is 0. The fraction of sp³-hybridized carbons (Fsp3) is 0.500. The molecule has 0 radical (unpaired) electrons. The molecule has 0 aromatic heterocycles. The molecular weight excluding hydrogens is 304 g/mol. The van der Waals surface area contributed by atoms with Gasteiger partial charge in [-0.2, -0.15) is 0 Å². The van der Waals surface area contributed by atoms with Crippen molar-refractivity contribution in [2.45, 2.75) is 49.9 Å². The lowest BCUT2D eigenvalue weighted by molar-refractivity contribution is -0.231. The molecule has 1 heterocycles. The average Bonchev–Trinajstić information content (AvgIpc) is 2.43. The Morgan fingerprint density at radius 2 is 1.91 bits per heavy atom. The van der Waals surface area contributed by atoms with Gasteiger partial charge in [0.1, 0.15) is 4.93 Å². The van der Waals surface area contributed by atoms with Gasteiger partial charge >= 0.3 is 5.97 Å². The number of rotatable bonds is 3. The highest BCUT2D eigenvalue weighted by Crippen LogP contribution is 2.46. The van der Waals surface area contributed by atoms with Gasteiger partial charge in [0.25, 0.3) is 0 Å². The second-order valence-corrected chi connectivity index (χ2v) is 6.38. The van der Waals surface area contributed by atoms with E-state index in [-0.39, 0.29) is 6.42 Å². The number of hydrogen-bond acceptors (Lipinski definition) is 6. The van der Waals surface area contributed by atoms with Crippen LogP contribution in [0.1, 0.15) is 32.8 Å². The van der Waals surface area contributed by atoms with E-state index in [0.29, 0.717) is 0 Å². The van der Waals surface area contributed by atoms with Crippen molar-refractivity contribution in [2.24, 2.45) is 0 Å². The quantitative estimate of drug-likeness (QED) is 0.655. The van der Waals surface area contributed by atoms with E-state index in [0.717, 1.165) is 5.56 Å². The van der Waals surface area contributed by atoms with Crippen LogP contribution in [0.5, 0.6) is 0 Å². The Balaban J connectivity index is 2.42. The van der Waals surface area contributed by atoms with E-state index in [2.05, 4.69) is 12.6 Å². The molecule has 5 nitrogen and oxygen atoms in total. The third-order valence-electron chi connectivity index (χ3n) is 3.91. The van der Waals surface area contributed by atoms with Crippen molar-refractivity contribution in [3.8, 4) is 0 Å². The van der Waals surface area contributed by atoms with Crippen LogP contribution in [0, 0.1) is 0 Å². The summed E-state index contributed by atoms with van der Waals surface area (Å²) in [6, 6.07) is 9.13. The maximum Gasteiger partial charge on any atom is 0.303 e. The van der Waals surface area contributed by atoms with Gasteiger partial charge in [0, 0.05) is 13.3 Å². The van der Waals surface area contributed by atoms with Crippen molar-refractivity contribution >= 4 is 24.4 Å². The lowest BCUT2D eigenvalue weighted by atomic mass is 9.79. The van der Waals surface area contributed by atoms with Crippen LogP contribution in [-0.4, -0.2) is 34.7 Å². The molecule has 6 heteroatoms. The van der Waals surface area contributed by atoms with Crippen molar-refractivity contribution < 1.29 is 24.2 Å². The Hall–Kier alpha value is -1.37. The Bertz CT molecular complexity index is 575.